The van der Waals surface area contributed by atoms with Crippen LogP contribution in [0, 0.1) is 0 Å². The highest BCUT2D eigenvalue weighted by atomic mass is 15.1. The van der Waals surface area contributed by atoms with E-state index in [-0.39, 0.29) is 0 Å². The molecule has 0 radical (unpaired) electrons. The molecule has 2 nitrogen and oxygen atoms in total. The topological polar surface area (TPSA) is 6.48 Å². The van der Waals surface area contributed by atoms with Gasteiger partial charge in [0.25, 0.3) is 0 Å². The fourth-order valence-electron chi connectivity index (χ4n) is 6.04. The quantitative estimate of drug-likeness (QED) is 0.130. The molecule has 0 heterocycles. The van der Waals surface area contributed by atoms with Crippen LogP contribution in [0.25, 0.3) is 11.1 Å². The van der Waals surface area contributed by atoms with Crippen molar-refractivity contribution in [3.63, 3.8) is 0 Å². The Morgan fingerprint density at radius 2 is 0.609 bits per heavy atom. The SMILES string of the molecule is CCCCc1ccc(N(c2ccc(CCCC)cc2)c2ccc(-c3ccc(N(c4ccccc4)c4ccccc4)cc3)cc2)cc1. The Kier molecular flexibility index (Phi) is 10.3. The van der Waals surface area contributed by atoms with E-state index in [1.165, 1.54) is 59.3 Å². The Morgan fingerprint density at radius 1 is 0.326 bits per heavy atom. The summed E-state index contributed by atoms with van der Waals surface area (Å²) < 4.78 is 0. The molecule has 2 heteroatoms. The van der Waals surface area contributed by atoms with Gasteiger partial charge in [-0.1, -0.05) is 112 Å². The fraction of sp³-hybridized carbons (Fsp3) is 0.182. The van der Waals surface area contributed by atoms with Crippen molar-refractivity contribution in [1.82, 2.24) is 0 Å². The van der Waals surface area contributed by atoms with E-state index in [1.54, 1.807) is 0 Å². The first-order valence-electron chi connectivity index (χ1n) is 16.8. The maximum Gasteiger partial charge on any atom is 0.0462 e. The predicted octanol–water partition coefficient (Wildman–Crippen LogP) is 13.0. The summed E-state index contributed by atoms with van der Waals surface area (Å²) in [5.41, 5.74) is 12.1. The maximum absolute atomic E-state index is 2.37. The van der Waals surface area contributed by atoms with Crippen molar-refractivity contribution in [1.29, 1.82) is 0 Å². The molecule has 0 aliphatic rings. The van der Waals surface area contributed by atoms with Crippen molar-refractivity contribution >= 4 is 34.1 Å². The van der Waals surface area contributed by atoms with E-state index >= 15 is 0 Å². The zero-order chi connectivity index (χ0) is 31.6. The van der Waals surface area contributed by atoms with Crippen LogP contribution in [0.3, 0.4) is 0 Å². The second-order valence-electron chi connectivity index (χ2n) is 12.0. The van der Waals surface area contributed by atoms with Gasteiger partial charge in [-0.3, -0.25) is 0 Å². The molecule has 46 heavy (non-hydrogen) atoms. The number of aryl methyl sites for hydroxylation is 2. The van der Waals surface area contributed by atoms with E-state index in [9.17, 15) is 0 Å². The van der Waals surface area contributed by atoms with Gasteiger partial charge in [0.05, 0.1) is 0 Å². The Morgan fingerprint density at radius 3 is 0.913 bits per heavy atom. The Hall–Kier alpha value is -5.08. The van der Waals surface area contributed by atoms with Crippen LogP contribution < -0.4 is 9.80 Å². The number of unbranched alkanes of at least 4 members (excludes halogenated alkanes) is 2. The molecule has 6 aromatic rings. The molecule has 0 bridgehead atoms. The first kappa shape index (κ1) is 30.9. The number of rotatable bonds is 13. The zero-order valence-corrected chi connectivity index (χ0v) is 27.1. The average molecular weight is 601 g/mol. The minimum Gasteiger partial charge on any atom is -0.311 e. The van der Waals surface area contributed by atoms with Crippen LogP contribution in [0.1, 0.15) is 50.7 Å². The van der Waals surface area contributed by atoms with Crippen molar-refractivity contribution in [3.05, 3.63) is 169 Å². The molecule has 0 N–H and O–H groups in total. The monoisotopic (exact) mass is 600 g/mol. The third-order valence-electron chi connectivity index (χ3n) is 8.64. The Balaban J connectivity index is 1.28. The van der Waals surface area contributed by atoms with Gasteiger partial charge in [-0.15, -0.1) is 0 Å². The first-order chi connectivity index (χ1) is 22.7. The molecule has 0 amide bonds. The summed E-state index contributed by atoms with van der Waals surface area (Å²) in [4.78, 5) is 4.67. The minimum absolute atomic E-state index is 1.13. The highest BCUT2D eigenvalue weighted by molar-refractivity contribution is 5.80. The summed E-state index contributed by atoms with van der Waals surface area (Å²) in [7, 11) is 0. The van der Waals surface area contributed by atoms with Crippen molar-refractivity contribution in [2.75, 3.05) is 9.80 Å². The normalized spacial score (nSPS) is 10.9. The van der Waals surface area contributed by atoms with Crippen LogP contribution >= 0.6 is 0 Å². The summed E-state index contributed by atoms with van der Waals surface area (Å²) in [6.45, 7) is 4.50. The number of hydrogen-bond donors (Lipinski definition) is 0. The molecule has 0 saturated heterocycles. The summed E-state index contributed by atoms with van der Waals surface area (Å²) >= 11 is 0. The lowest BCUT2D eigenvalue weighted by molar-refractivity contribution is 0.795. The van der Waals surface area contributed by atoms with Crippen LogP contribution in [0.4, 0.5) is 34.1 Å². The van der Waals surface area contributed by atoms with Gasteiger partial charge >= 0.3 is 0 Å². The molecule has 230 valence electrons. The molecule has 0 aromatic heterocycles. The molecule has 0 atom stereocenters. The molecular weight excluding hydrogens is 556 g/mol. The van der Waals surface area contributed by atoms with Crippen LogP contribution in [0.5, 0.6) is 0 Å². The minimum atomic E-state index is 1.13. The number of nitrogens with zero attached hydrogens (tertiary/aromatic N) is 2. The van der Waals surface area contributed by atoms with Crippen molar-refractivity contribution < 1.29 is 0 Å². The van der Waals surface area contributed by atoms with Crippen LogP contribution in [0.15, 0.2) is 158 Å². The molecule has 0 spiro atoms. The number of para-hydroxylation sites is 2. The number of hydrogen-bond acceptors (Lipinski definition) is 2. The summed E-state index contributed by atoms with van der Waals surface area (Å²) in [5.74, 6) is 0. The zero-order valence-electron chi connectivity index (χ0n) is 27.1. The molecule has 0 aliphatic heterocycles. The summed E-state index contributed by atoms with van der Waals surface area (Å²) in [5, 5.41) is 0. The lowest BCUT2D eigenvalue weighted by Gasteiger charge is -2.26. The molecule has 6 aromatic carbocycles. The van der Waals surface area contributed by atoms with Gasteiger partial charge in [0.1, 0.15) is 0 Å². The molecule has 0 fully saturated rings. The van der Waals surface area contributed by atoms with E-state index < -0.39 is 0 Å². The van der Waals surface area contributed by atoms with Gasteiger partial charge in [0.2, 0.25) is 0 Å². The third-order valence-corrected chi connectivity index (χ3v) is 8.64. The van der Waals surface area contributed by atoms with E-state index in [1.807, 2.05) is 0 Å². The number of anilines is 6. The first-order valence-corrected chi connectivity index (χ1v) is 16.8. The summed E-state index contributed by atoms with van der Waals surface area (Å²) in [6.07, 6.45) is 7.13. The van der Waals surface area contributed by atoms with Gasteiger partial charge in [-0.05, 0) is 121 Å². The molecule has 6 rings (SSSR count). The van der Waals surface area contributed by atoms with Gasteiger partial charge in [0, 0.05) is 34.1 Å². The van der Waals surface area contributed by atoms with Gasteiger partial charge in [0.15, 0.2) is 0 Å². The van der Waals surface area contributed by atoms with Crippen molar-refractivity contribution in [2.45, 2.75) is 52.4 Å². The molecular formula is C44H44N2. The van der Waals surface area contributed by atoms with Gasteiger partial charge in [-0.2, -0.15) is 0 Å². The average Bonchev–Trinajstić information content (AvgIpc) is 3.13. The van der Waals surface area contributed by atoms with Crippen LogP contribution in [0.2, 0.25) is 0 Å². The van der Waals surface area contributed by atoms with E-state index in [2.05, 4.69) is 181 Å². The Labute approximate surface area is 275 Å². The van der Waals surface area contributed by atoms with E-state index in [4.69, 9.17) is 0 Å². The third kappa shape index (κ3) is 7.41. The maximum atomic E-state index is 2.37. The van der Waals surface area contributed by atoms with Crippen LogP contribution in [-0.2, 0) is 12.8 Å². The Bertz CT molecular complexity index is 1670. The van der Waals surface area contributed by atoms with Crippen LogP contribution in [-0.4, -0.2) is 0 Å². The second kappa shape index (κ2) is 15.3. The standard InChI is InChI=1S/C44H44N2/c1-3-5-13-35-19-27-41(28-20-35)46(42-29-21-36(22-30-42)14-6-4-2)44-33-25-38(26-34-44)37-23-31-43(32-24-37)45(39-15-9-7-10-16-39)40-17-11-8-12-18-40/h7-12,15-34H,3-6,13-14H2,1-2H3. The predicted molar refractivity (Wildman–Crippen MR) is 198 cm³/mol. The van der Waals surface area contributed by atoms with E-state index in [0.717, 1.165) is 35.6 Å². The van der Waals surface area contributed by atoms with Crippen molar-refractivity contribution in [2.24, 2.45) is 0 Å². The van der Waals surface area contributed by atoms with E-state index in [0.29, 0.717) is 0 Å². The molecule has 0 aliphatic carbocycles. The molecule has 0 saturated carbocycles. The number of benzene rings is 6. The molecule has 0 unspecified atom stereocenters. The fourth-order valence-corrected chi connectivity index (χ4v) is 6.04. The highest BCUT2D eigenvalue weighted by Gasteiger charge is 2.15. The van der Waals surface area contributed by atoms with Gasteiger partial charge < -0.3 is 9.80 Å². The largest absolute Gasteiger partial charge is 0.311 e. The smallest absolute Gasteiger partial charge is 0.0462 e. The lowest BCUT2D eigenvalue weighted by atomic mass is 10.0. The van der Waals surface area contributed by atoms with Gasteiger partial charge in [-0.25, -0.2) is 0 Å². The highest BCUT2D eigenvalue weighted by Crippen LogP contribution is 2.38. The summed E-state index contributed by atoms with van der Waals surface area (Å²) in [6, 6.07) is 57.2. The lowest BCUT2D eigenvalue weighted by Crippen LogP contribution is -2.10. The second-order valence-corrected chi connectivity index (χ2v) is 12.0. The van der Waals surface area contributed by atoms with Crippen molar-refractivity contribution in [3.8, 4) is 11.1 Å².